The summed E-state index contributed by atoms with van der Waals surface area (Å²) in [7, 11) is 1.60. The second-order valence-corrected chi connectivity index (χ2v) is 3.63. The molecular formula is C9H10O3S. The van der Waals surface area contributed by atoms with Crippen LogP contribution in [-0.4, -0.2) is 26.3 Å². The minimum atomic E-state index is 0.565. The molecule has 1 rings (SSSR count). The molecule has 0 saturated carbocycles. The molecule has 0 aromatic carbocycles. The van der Waals surface area contributed by atoms with Crippen LogP contribution in [0.2, 0.25) is 0 Å². The van der Waals surface area contributed by atoms with E-state index in [4.69, 9.17) is 4.74 Å². The lowest BCUT2D eigenvalue weighted by Crippen LogP contribution is -1.95. The molecule has 13 heavy (non-hydrogen) atoms. The van der Waals surface area contributed by atoms with Crippen LogP contribution in [0.3, 0.4) is 0 Å². The minimum Gasteiger partial charge on any atom is -0.384 e. The van der Waals surface area contributed by atoms with E-state index in [1.54, 1.807) is 13.2 Å². The van der Waals surface area contributed by atoms with Crippen molar-refractivity contribution in [3.05, 3.63) is 21.4 Å². The number of thiophene rings is 1. The highest BCUT2D eigenvalue weighted by Gasteiger charge is 2.07. The molecule has 0 bridgehead atoms. The van der Waals surface area contributed by atoms with Crippen molar-refractivity contribution < 1.29 is 14.3 Å². The molecule has 3 nitrogen and oxygen atoms in total. The Balaban J connectivity index is 2.83. The van der Waals surface area contributed by atoms with Gasteiger partial charge in [-0.2, -0.15) is 0 Å². The van der Waals surface area contributed by atoms with Crippen molar-refractivity contribution in [2.45, 2.75) is 6.42 Å². The summed E-state index contributed by atoms with van der Waals surface area (Å²) in [4.78, 5) is 22.2. The lowest BCUT2D eigenvalue weighted by atomic mass is 10.2. The van der Waals surface area contributed by atoms with Crippen molar-refractivity contribution in [2.75, 3.05) is 13.7 Å². The fourth-order valence-electron chi connectivity index (χ4n) is 1.03. The molecule has 0 amide bonds. The number of carbonyl (C=O) groups is 2. The van der Waals surface area contributed by atoms with Crippen LogP contribution in [0.4, 0.5) is 0 Å². The Morgan fingerprint density at radius 1 is 1.46 bits per heavy atom. The largest absolute Gasteiger partial charge is 0.384 e. The fourth-order valence-corrected chi connectivity index (χ4v) is 1.87. The highest BCUT2D eigenvalue weighted by Crippen LogP contribution is 2.19. The molecule has 70 valence electrons. The van der Waals surface area contributed by atoms with E-state index in [2.05, 4.69) is 0 Å². The summed E-state index contributed by atoms with van der Waals surface area (Å²) in [5.74, 6) is 0. The van der Waals surface area contributed by atoms with E-state index in [-0.39, 0.29) is 0 Å². The van der Waals surface area contributed by atoms with Crippen molar-refractivity contribution >= 4 is 23.9 Å². The number of carbonyl (C=O) groups excluding carboxylic acids is 2. The predicted molar refractivity (Wildman–Crippen MR) is 50.7 cm³/mol. The Bertz CT molecular complexity index is 304. The van der Waals surface area contributed by atoms with Gasteiger partial charge in [0, 0.05) is 7.11 Å². The van der Waals surface area contributed by atoms with Gasteiger partial charge >= 0.3 is 0 Å². The molecule has 0 N–H and O–H groups in total. The molecule has 0 aliphatic rings. The molecule has 1 heterocycles. The van der Waals surface area contributed by atoms with Crippen molar-refractivity contribution in [1.29, 1.82) is 0 Å². The van der Waals surface area contributed by atoms with Gasteiger partial charge in [0.05, 0.1) is 16.4 Å². The lowest BCUT2D eigenvalue weighted by Gasteiger charge is -1.96. The maximum absolute atomic E-state index is 10.6. The average molecular weight is 198 g/mol. The Morgan fingerprint density at radius 3 is 2.77 bits per heavy atom. The zero-order valence-corrected chi connectivity index (χ0v) is 8.10. The van der Waals surface area contributed by atoms with Crippen molar-refractivity contribution in [3.63, 3.8) is 0 Å². The maximum atomic E-state index is 10.6. The van der Waals surface area contributed by atoms with E-state index in [0.717, 1.165) is 18.1 Å². The number of rotatable bonds is 5. The topological polar surface area (TPSA) is 43.4 Å². The third kappa shape index (κ3) is 2.47. The van der Waals surface area contributed by atoms with Gasteiger partial charge in [-0.1, -0.05) is 0 Å². The van der Waals surface area contributed by atoms with Crippen LogP contribution in [0.25, 0.3) is 0 Å². The molecule has 0 unspecified atom stereocenters. The number of ether oxygens (including phenoxy) is 1. The minimum absolute atomic E-state index is 0.565. The number of hydrogen-bond acceptors (Lipinski definition) is 4. The monoisotopic (exact) mass is 198 g/mol. The van der Waals surface area contributed by atoms with Crippen LogP contribution in [-0.2, 0) is 11.2 Å². The summed E-state index contributed by atoms with van der Waals surface area (Å²) >= 11 is 1.22. The Morgan fingerprint density at radius 2 is 2.23 bits per heavy atom. The lowest BCUT2D eigenvalue weighted by molar-refractivity contribution is 0.111. The number of methoxy groups -OCH3 is 1. The molecule has 0 radical (unpaired) electrons. The first kappa shape index (κ1) is 10.1. The fraction of sp³-hybridized carbons (Fsp3) is 0.333. The molecule has 0 atom stereocenters. The van der Waals surface area contributed by atoms with E-state index in [0.29, 0.717) is 22.8 Å². The standard InChI is InChI=1S/C9H10O3S/c1-12-3-2-7-4-8(5-10)13-9(7)6-11/h4-6H,2-3H2,1H3. The molecule has 1 aromatic heterocycles. The van der Waals surface area contributed by atoms with Gasteiger partial charge < -0.3 is 4.74 Å². The van der Waals surface area contributed by atoms with Gasteiger partial charge in [0.2, 0.25) is 0 Å². The predicted octanol–water partition coefficient (Wildman–Crippen LogP) is 1.56. The summed E-state index contributed by atoms with van der Waals surface area (Å²) in [6, 6.07) is 1.74. The van der Waals surface area contributed by atoms with Gasteiger partial charge in [-0.15, -0.1) is 11.3 Å². The highest BCUT2D eigenvalue weighted by molar-refractivity contribution is 7.15. The molecular weight excluding hydrogens is 188 g/mol. The van der Waals surface area contributed by atoms with Gasteiger partial charge in [0.15, 0.2) is 12.6 Å². The third-order valence-electron chi connectivity index (χ3n) is 1.66. The summed E-state index contributed by atoms with van der Waals surface area (Å²) in [5, 5.41) is 0. The molecule has 0 saturated heterocycles. The van der Waals surface area contributed by atoms with E-state index >= 15 is 0 Å². The summed E-state index contributed by atoms with van der Waals surface area (Å²) in [6.45, 7) is 0.565. The summed E-state index contributed by atoms with van der Waals surface area (Å²) in [6.07, 6.45) is 2.21. The zero-order valence-electron chi connectivity index (χ0n) is 7.28. The smallest absolute Gasteiger partial charge is 0.160 e. The second kappa shape index (κ2) is 4.89. The van der Waals surface area contributed by atoms with E-state index in [1.165, 1.54) is 11.3 Å². The maximum Gasteiger partial charge on any atom is 0.160 e. The molecule has 0 aliphatic carbocycles. The van der Waals surface area contributed by atoms with Crippen LogP contribution in [0.15, 0.2) is 6.07 Å². The SMILES string of the molecule is COCCc1cc(C=O)sc1C=O. The number of hydrogen-bond donors (Lipinski definition) is 0. The Kier molecular flexibility index (Phi) is 3.79. The van der Waals surface area contributed by atoms with Crippen LogP contribution in [0, 0.1) is 0 Å². The Labute approximate surface area is 80.3 Å². The Hall–Kier alpha value is -1.00. The van der Waals surface area contributed by atoms with Gasteiger partial charge in [-0.3, -0.25) is 9.59 Å². The highest BCUT2D eigenvalue weighted by atomic mass is 32.1. The first-order chi connectivity index (χ1) is 6.31. The first-order valence-electron chi connectivity index (χ1n) is 3.83. The van der Waals surface area contributed by atoms with Crippen LogP contribution in [0.5, 0.6) is 0 Å². The van der Waals surface area contributed by atoms with E-state index < -0.39 is 0 Å². The molecule has 1 aromatic rings. The third-order valence-corrected chi connectivity index (χ3v) is 2.69. The molecule has 0 aliphatic heterocycles. The number of aldehydes is 2. The molecule has 0 fully saturated rings. The van der Waals surface area contributed by atoms with Gasteiger partial charge in [-0.05, 0) is 18.1 Å². The van der Waals surface area contributed by atoms with Crippen LogP contribution < -0.4 is 0 Å². The van der Waals surface area contributed by atoms with Crippen LogP contribution in [0.1, 0.15) is 24.9 Å². The first-order valence-corrected chi connectivity index (χ1v) is 4.65. The molecule has 4 heteroatoms. The van der Waals surface area contributed by atoms with Gasteiger partial charge in [0.25, 0.3) is 0 Å². The van der Waals surface area contributed by atoms with Gasteiger partial charge in [-0.25, -0.2) is 0 Å². The van der Waals surface area contributed by atoms with Crippen LogP contribution >= 0.6 is 11.3 Å². The molecule has 0 spiro atoms. The van der Waals surface area contributed by atoms with Crippen molar-refractivity contribution in [2.24, 2.45) is 0 Å². The van der Waals surface area contributed by atoms with Gasteiger partial charge in [0.1, 0.15) is 0 Å². The van der Waals surface area contributed by atoms with Crippen molar-refractivity contribution in [1.82, 2.24) is 0 Å². The van der Waals surface area contributed by atoms with Crippen molar-refractivity contribution in [3.8, 4) is 0 Å². The van der Waals surface area contributed by atoms with E-state index in [9.17, 15) is 9.59 Å². The summed E-state index contributed by atoms with van der Waals surface area (Å²) < 4.78 is 4.89. The normalized spacial score (nSPS) is 9.92. The van der Waals surface area contributed by atoms with E-state index in [1.807, 2.05) is 0 Å². The summed E-state index contributed by atoms with van der Waals surface area (Å²) in [5.41, 5.74) is 0.893. The second-order valence-electron chi connectivity index (χ2n) is 2.52. The average Bonchev–Trinajstić information content (AvgIpc) is 2.57. The zero-order chi connectivity index (χ0) is 9.68. The quantitative estimate of drug-likeness (QED) is 0.674.